The molecular formula is C16H40N10O2. The first-order chi connectivity index (χ1) is 12.9. The summed E-state index contributed by atoms with van der Waals surface area (Å²) in [5, 5.41) is 13.3. The Balaban J connectivity index is -0.000000131. The normalized spacial score (nSPS) is 14.0. The lowest BCUT2D eigenvalue weighted by atomic mass is 10.4. The van der Waals surface area contributed by atoms with Crippen LogP contribution in [0.1, 0.15) is 47.5 Å². The van der Waals surface area contributed by atoms with Gasteiger partial charge in [-0.1, -0.05) is 5.16 Å². The Hall–Kier alpha value is -3.05. The number of hydrogen-bond acceptors (Lipinski definition) is 7. The van der Waals surface area contributed by atoms with Crippen molar-refractivity contribution >= 4 is 29.2 Å². The number of aliphatic imine (C=N–C) groups is 2. The fourth-order valence-electron chi connectivity index (χ4n) is 1.03. The zero-order valence-electron chi connectivity index (χ0n) is 18.3. The van der Waals surface area contributed by atoms with E-state index in [0.717, 1.165) is 13.1 Å². The van der Waals surface area contributed by atoms with E-state index in [-0.39, 0.29) is 11.7 Å². The number of hydrazone groups is 1. The van der Waals surface area contributed by atoms with E-state index >= 15 is 0 Å². The largest absolute Gasteiger partial charge is 0.409 e. The molecule has 0 spiro atoms. The first-order valence-corrected chi connectivity index (χ1v) is 8.46. The average molecular weight is 405 g/mol. The second-order valence-electron chi connectivity index (χ2n) is 5.46. The maximum atomic E-state index is 10.6. The highest BCUT2D eigenvalue weighted by Gasteiger charge is 2.12. The van der Waals surface area contributed by atoms with Crippen molar-refractivity contribution in [3.63, 3.8) is 0 Å². The van der Waals surface area contributed by atoms with E-state index in [4.69, 9.17) is 28.1 Å². The Morgan fingerprint density at radius 3 is 1.11 bits per heavy atom. The highest BCUT2D eigenvalue weighted by atomic mass is 16.4. The van der Waals surface area contributed by atoms with Gasteiger partial charge < -0.3 is 38.9 Å². The van der Waals surface area contributed by atoms with Crippen LogP contribution in [0.3, 0.4) is 0 Å². The van der Waals surface area contributed by atoms with E-state index in [2.05, 4.69) is 26.1 Å². The number of hydrogen-bond donors (Lipinski definition) is 6. The summed E-state index contributed by atoms with van der Waals surface area (Å²) in [5.74, 6) is 6.71. The summed E-state index contributed by atoms with van der Waals surface area (Å²) in [4.78, 5) is 19.6. The van der Waals surface area contributed by atoms with Gasteiger partial charge in [0.15, 0.2) is 0 Å². The van der Waals surface area contributed by atoms with Crippen molar-refractivity contribution in [2.45, 2.75) is 47.5 Å². The maximum Gasteiger partial charge on any atom is 0.219 e. The quantitative estimate of drug-likeness (QED) is 0.103. The van der Waals surface area contributed by atoms with Gasteiger partial charge >= 0.3 is 0 Å². The molecule has 11 N–H and O–H groups in total. The van der Waals surface area contributed by atoms with Crippen LogP contribution in [0.25, 0.3) is 0 Å². The lowest BCUT2D eigenvalue weighted by Gasteiger charge is -2.10. The molecule has 1 aliphatic rings. The molecule has 0 unspecified atom stereocenters. The Kier molecular flexibility index (Phi) is 27.9. The molecule has 0 aromatic rings. The SMILES string of the molecule is CC(=O)N1CCCC1.CC(N)=NN.CC(N)=NO.CN=C(C)N.CN=C(C)N. The number of carbonyl (C=O) groups is 1. The van der Waals surface area contributed by atoms with Crippen LogP contribution in [0, 0.1) is 0 Å². The Morgan fingerprint density at radius 2 is 1.04 bits per heavy atom. The lowest BCUT2D eigenvalue weighted by molar-refractivity contribution is -0.127. The van der Waals surface area contributed by atoms with Crippen molar-refractivity contribution in [1.29, 1.82) is 0 Å². The molecule has 1 heterocycles. The summed E-state index contributed by atoms with van der Waals surface area (Å²) in [7, 11) is 3.32. The van der Waals surface area contributed by atoms with Crippen LogP contribution < -0.4 is 28.8 Å². The van der Waals surface area contributed by atoms with Crippen LogP contribution in [0.4, 0.5) is 0 Å². The second kappa shape index (κ2) is 23.9. The molecule has 1 rings (SSSR count). The van der Waals surface area contributed by atoms with Crippen molar-refractivity contribution in [3.05, 3.63) is 0 Å². The first kappa shape index (κ1) is 32.6. The number of amides is 1. The van der Waals surface area contributed by atoms with E-state index in [0.29, 0.717) is 17.5 Å². The standard InChI is InChI=1S/C6H11NO.2C3H8N2.C2H7N3.C2H6N2O/c1-6(8)7-4-2-3-5-7;2*1-3(4)5-2;1-2(3)5-4;1-2(3)4-5/h2-5H2,1H3;2*1-2H3,(H2,4,5);4H2,1H3,(H2,3,5);5H,1H3,(H2,3,4). The predicted molar refractivity (Wildman–Crippen MR) is 118 cm³/mol. The maximum absolute atomic E-state index is 10.6. The van der Waals surface area contributed by atoms with E-state index in [9.17, 15) is 4.79 Å². The molecule has 166 valence electrons. The summed E-state index contributed by atoms with van der Waals surface area (Å²) >= 11 is 0. The third-order valence-electron chi connectivity index (χ3n) is 2.62. The van der Waals surface area contributed by atoms with Crippen LogP contribution in [0.15, 0.2) is 20.2 Å². The third kappa shape index (κ3) is 43.5. The molecule has 0 aliphatic carbocycles. The van der Waals surface area contributed by atoms with Crippen LogP contribution >= 0.6 is 0 Å². The topological polar surface area (TPSA) is 220 Å². The fourth-order valence-corrected chi connectivity index (χ4v) is 1.03. The lowest BCUT2D eigenvalue weighted by Crippen LogP contribution is -2.24. The zero-order chi connectivity index (χ0) is 23.1. The number of oxime groups is 1. The highest BCUT2D eigenvalue weighted by Crippen LogP contribution is 2.06. The van der Waals surface area contributed by atoms with Crippen LogP contribution in [-0.4, -0.2) is 66.5 Å². The molecule has 0 radical (unpaired) electrons. The second-order valence-corrected chi connectivity index (χ2v) is 5.46. The summed E-state index contributed by atoms with van der Waals surface area (Å²) in [6.45, 7) is 10.2. The minimum Gasteiger partial charge on any atom is -0.409 e. The van der Waals surface area contributed by atoms with E-state index in [1.165, 1.54) is 19.8 Å². The summed E-state index contributed by atoms with van der Waals surface area (Å²) in [6, 6.07) is 0. The van der Waals surface area contributed by atoms with Gasteiger partial charge in [0.1, 0.15) is 11.7 Å². The van der Waals surface area contributed by atoms with Gasteiger partial charge in [-0.15, -0.1) is 0 Å². The molecule has 1 aliphatic heterocycles. The molecule has 12 nitrogen and oxygen atoms in total. The minimum absolute atomic E-state index is 0.185. The monoisotopic (exact) mass is 404 g/mol. The smallest absolute Gasteiger partial charge is 0.219 e. The van der Waals surface area contributed by atoms with Crippen LogP contribution in [-0.2, 0) is 4.79 Å². The number of nitrogens with two attached hydrogens (primary N) is 5. The molecule has 28 heavy (non-hydrogen) atoms. The van der Waals surface area contributed by atoms with Crippen molar-refractivity contribution in [1.82, 2.24) is 4.90 Å². The van der Waals surface area contributed by atoms with Gasteiger partial charge in [0.05, 0.1) is 11.7 Å². The van der Waals surface area contributed by atoms with Crippen molar-refractivity contribution in [2.75, 3.05) is 27.2 Å². The van der Waals surface area contributed by atoms with Gasteiger partial charge in [-0.25, -0.2) is 0 Å². The van der Waals surface area contributed by atoms with E-state index in [1.807, 2.05) is 4.90 Å². The van der Waals surface area contributed by atoms with Crippen LogP contribution in [0.5, 0.6) is 0 Å². The summed E-state index contributed by atoms with van der Waals surface area (Å²) in [6.07, 6.45) is 2.39. The van der Waals surface area contributed by atoms with Crippen LogP contribution in [0.2, 0.25) is 0 Å². The van der Waals surface area contributed by atoms with Crippen molar-refractivity contribution in [2.24, 2.45) is 49.0 Å². The van der Waals surface area contributed by atoms with Gasteiger partial charge in [0.25, 0.3) is 0 Å². The minimum atomic E-state index is 0.185. The third-order valence-corrected chi connectivity index (χ3v) is 2.62. The van der Waals surface area contributed by atoms with Gasteiger partial charge in [0.2, 0.25) is 5.91 Å². The van der Waals surface area contributed by atoms with Crippen molar-refractivity contribution in [3.8, 4) is 0 Å². The first-order valence-electron chi connectivity index (χ1n) is 8.46. The van der Waals surface area contributed by atoms with Gasteiger partial charge in [-0.05, 0) is 40.5 Å². The molecule has 0 bridgehead atoms. The Bertz CT molecular complexity index is 416. The molecule has 12 heteroatoms. The van der Waals surface area contributed by atoms with Crippen molar-refractivity contribution < 1.29 is 10.0 Å². The molecule has 0 aromatic heterocycles. The van der Waals surface area contributed by atoms with Gasteiger partial charge in [-0.3, -0.25) is 14.8 Å². The Morgan fingerprint density at radius 1 is 0.786 bits per heavy atom. The molecule has 1 saturated heterocycles. The van der Waals surface area contributed by atoms with Gasteiger partial charge in [0, 0.05) is 34.1 Å². The molecule has 1 amide bonds. The number of amidine groups is 4. The van der Waals surface area contributed by atoms with E-state index < -0.39 is 0 Å². The number of nitrogens with zero attached hydrogens (tertiary/aromatic N) is 5. The average Bonchev–Trinajstić information content (AvgIpc) is 3.18. The predicted octanol–water partition coefficient (Wildman–Crippen LogP) is -0.395. The summed E-state index contributed by atoms with van der Waals surface area (Å²) in [5.41, 5.74) is 19.8. The number of likely N-dealkylation sites (tertiary alicyclic amines) is 1. The molecular weight excluding hydrogens is 364 g/mol. The molecule has 1 fully saturated rings. The highest BCUT2D eigenvalue weighted by molar-refractivity contribution is 5.77. The molecule has 0 aromatic carbocycles. The number of rotatable bonds is 0. The molecule has 0 saturated carbocycles. The molecule has 0 atom stereocenters. The summed E-state index contributed by atoms with van der Waals surface area (Å²) < 4.78 is 0. The van der Waals surface area contributed by atoms with Gasteiger partial charge in [-0.2, -0.15) is 5.10 Å². The zero-order valence-corrected chi connectivity index (χ0v) is 18.3. The Labute approximate surface area is 168 Å². The number of carbonyl (C=O) groups excluding carboxylic acids is 1. The van der Waals surface area contributed by atoms with E-state index in [1.54, 1.807) is 41.8 Å². The fraction of sp³-hybridized carbons (Fsp3) is 0.688.